The van der Waals surface area contributed by atoms with E-state index in [1.54, 1.807) is 0 Å². The molecule has 3 nitrogen and oxygen atoms in total. The van der Waals surface area contributed by atoms with Gasteiger partial charge in [0.15, 0.2) is 0 Å². The smallest absolute Gasteiger partial charge is 0.304 e. The van der Waals surface area contributed by atoms with Gasteiger partial charge >= 0.3 is 5.97 Å². The molecule has 1 saturated heterocycles. The summed E-state index contributed by atoms with van der Waals surface area (Å²) in [4.78, 5) is 13.1. The minimum atomic E-state index is -0.665. The standard InChI is InChI=1S/C11H21NO2S2/c1-15-6-3-2-4-12-5-7-16-9-10(12)8-11(13)14/h10H,2-9H2,1H3,(H,13,14). The molecule has 0 radical (unpaired) electrons. The Morgan fingerprint density at radius 3 is 3.06 bits per heavy atom. The van der Waals surface area contributed by atoms with Crippen LogP contribution in [0, 0.1) is 0 Å². The fourth-order valence-electron chi connectivity index (χ4n) is 1.93. The van der Waals surface area contributed by atoms with Crippen LogP contribution in [0.15, 0.2) is 0 Å². The summed E-state index contributed by atoms with van der Waals surface area (Å²) in [7, 11) is 0. The highest BCUT2D eigenvalue weighted by molar-refractivity contribution is 7.99. The summed E-state index contributed by atoms with van der Waals surface area (Å²) in [5.74, 6) is 2.68. The lowest BCUT2D eigenvalue weighted by molar-refractivity contribution is -0.138. The number of carboxylic acid groups (broad SMARTS) is 1. The molecule has 16 heavy (non-hydrogen) atoms. The number of unbranched alkanes of at least 4 members (excludes halogenated alkanes) is 1. The molecule has 94 valence electrons. The monoisotopic (exact) mass is 263 g/mol. The van der Waals surface area contributed by atoms with Gasteiger partial charge in [0.25, 0.3) is 0 Å². The molecule has 1 fully saturated rings. The van der Waals surface area contributed by atoms with Crippen LogP contribution in [-0.2, 0) is 4.79 Å². The SMILES string of the molecule is CSCCCCN1CCSCC1CC(=O)O. The summed E-state index contributed by atoms with van der Waals surface area (Å²) in [6, 6.07) is 0.255. The van der Waals surface area contributed by atoms with E-state index in [4.69, 9.17) is 5.11 Å². The number of hydrogen-bond acceptors (Lipinski definition) is 4. The van der Waals surface area contributed by atoms with E-state index < -0.39 is 5.97 Å². The summed E-state index contributed by atoms with van der Waals surface area (Å²) in [5, 5.41) is 8.85. The number of thioether (sulfide) groups is 2. The van der Waals surface area contributed by atoms with Gasteiger partial charge in [0.2, 0.25) is 0 Å². The molecule has 1 atom stereocenters. The summed E-state index contributed by atoms with van der Waals surface area (Å²) in [6.07, 6.45) is 4.87. The first-order valence-electron chi connectivity index (χ1n) is 5.76. The third-order valence-electron chi connectivity index (χ3n) is 2.80. The molecule has 1 heterocycles. The van der Waals surface area contributed by atoms with Crippen LogP contribution >= 0.6 is 23.5 Å². The van der Waals surface area contributed by atoms with Gasteiger partial charge in [0, 0.05) is 24.1 Å². The molecule has 1 N–H and O–H groups in total. The van der Waals surface area contributed by atoms with Crippen molar-refractivity contribution in [3.05, 3.63) is 0 Å². The Labute approximate surface area is 106 Å². The maximum absolute atomic E-state index is 10.8. The molecule has 0 bridgehead atoms. The highest BCUT2D eigenvalue weighted by atomic mass is 32.2. The molecule has 1 aliphatic rings. The van der Waals surface area contributed by atoms with Crippen LogP contribution < -0.4 is 0 Å². The van der Waals surface area contributed by atoms with Crippen LogP contribution in [0.3, 0.4) is 0 Å². The van der Waals surface area contributed by atoms with Crippen LogP contribution in [0.5, 0.6) is 0 Å². The van der Waals surface area contributed by atoms with Crippen LogP contribution in [0.1, 0.15) is 19.3 Å². The average molecular weight is 263 g/mol. The summed E-state index contributed by atoms with van der Waals surface area (Å²) in [5.41, 5.74) is 0. The second-order valence-corrected chi connectivity index (χ2v) is 6.20. The number of carboxylic acids is 1. The maximum Gasteiger partial charge on any atom is 0.304 e. The Morgan fingerprint density at radius 2 is 2.38 bits per heavy atom. The van der Waals surface area contributed by atoms with Gasteiger partial charge in [-0.15, -0.1) is 0 Å². The zero-order chi connectivity index (χ0) is 11.8. The molecule has 0 aromatic heterocycles. The lowest BCUT2D eigenvalue weighted by Crippen LogP contribution is -2.44. The Kier molecular flexibility index (Phi) is 7.32. The quantitative estimate of drug-likeness (QED) is 0.712. The van der Waals surface area contributed by atoms with Crippen LogP contribution in [0.4, 0.5) is 0 Å². The van der Waals surface area contributed by atoms with E-state index in [2.05, 4.69) is 11.2 Å². The van der Waals surface area contributed by atoms with Gasteiger partial charge in [-0.1, -0.05) is 0 Å². The molecule has 0 aromatic rings. The Balaban J connectivity index is 2.26. The van der Waals surface area contributed by atoms with Gasteiger partial charge in [0.05, 0.1) is 6.42 Å². The normalized spacial score (nSPS) is 22.2. The van der Waals surface area contributed by atoms with Crippen molar-refractivity contribution in [2.45, 2.75) is 25.3 Å². The zero-order valence-electron chi connectivity index (χ0n) is 9.85. The van der Waals surface area contributed by atoms with E-state index in [1.807, 2.05) is 23.5 Å². The van der Waals surface area contributed by atoms with Crippen molar-refractivity contribution in [1.29, 1.82) is 0 Å². The minimum absolute atomic E-state index is 0.255. The lowest BCUT2D eigenvalue weighted by Gasteiger charge is -2.34. The topological polar surface area (TPSA) is 40.5 Å². The van der Waals surface area contributed by atoms with Gasteiger partial charge in [-0.2, -0.15) is 23.5 Å². The molecular weight excluding hydrogens is 242 g/mol. The first-order valence-corrected chi connectivity index (χ1v) is 8.31. The minimum Gasteiger partial charge on any atom is -0.481 e. The molecule has 1 rings (SSSR count). The summed E-state index contributed by atoms with van der Waals surface area (Å²) < 4.78 is 0. The Hall–Kier alpha value is 0.130. The van der Waals surface area contributed by atoms with E-state index >= 15 is 0 Å². The van der Waals surface area contributed by atoms with Crippen LogP contribution in [0.25, 0.3) is 0 Å². The lowest BCUT2D eigenvalue weighted by atomic mass is 10.2. The number of nitrogens with zero attached hydrogens (tertiary/aromatic N) is 1. The zero-order valence-corrected chi connectivity index (χ0v) is 11.5. The second-order valence-electron chi connectivity index (χ2n) is 4.06. The predicted octanol–water partition coefficient (Wildman–Crippen LogP) is 2.02. The van der Waals surface area contributed by atoms with E-state index in [0.717, 1.165) is 24.6 Å². The van der Waals surface area contributed by atoms with Gasteiger partial charge in [-0.25, -0.2) is 0 Å². The third kappa shape index (κ3) is 5.46. The molecule has 1 aliphatic heterocycles. The van der Waals surface area contributed by atoms with Gasteiger partial charge in [-0.3, -0.25) is 9.69 Å². The largest absolute Gasteiger partial charge is 0.481 e. The van der Waals surface area contributed by atoms with Crippen molar-refractivity contribution in [3.8, 4) is 0 Å². The maximum atomic E-state index is 10.8. The molecule has 0 amide bonds. The molecule has 0 aromatic carbocycles. The van der Waals surface area contributed by atoms with E-state index in [1.165, 1.54) is 18.6 Å². The number of aliphatic carboxylic acids is 1. The summed E-state index contributed by atoms with van der Waals surface area (Å²) >= 11 is 3.77. The number of rotatable bonds is 7. The molecule has 1 unspecified atom stereocenters. The Bertz CT molecular complexity index is 214. The van der Waals surface area contributed by atoms with Crippen molar-refractivity contribution in [2.24, 2.45) is 0 Å². The highest BCUT2D eigenvalue weighted by Gasteiger charge is 2.24. The molecule has 0 saturated carbocycles. The van der Waals surface area contributed by atoms with E-state index in [9.17, 15) is 4.79 Å². The van der Waals surface area contributed by atoms with Crippen molar-refractivity contribution in [2.75, 3.05) is 36.6 Å². The Morgan fingerprint density at radius 1 is 1.56 bits per heavy atom. The first-order chi connectivity index (χ1) is 7.74. The van der Waals surface area contributed by atoms with Gasteiger partial charge in [0.1, 0.15) is 0 Å². The van der Waals surface area contributed by atoms with Crippen LogP contribution in [0.2, 0.25) is 0 Å². The average Bonchev–Trinajstić information content (AvgIpc) is 2.26. The first kappa shape index (κ1) is 14.2. The molecule has 0 spiro atoms. The van der Waals surface area contributed by atoms with E-state index in [-0.39, 0.29) is 6.04 Å². The molecular formula is C11H21NO2S2. The fraction of sp³-hybridized carbons (Fsp3) is 0.909. The van der Waals surface area contributed by atoms with Crippen LogP contribution in [-0.4, -0.2) is 58.6 Å². The van der Waals surface area contributed by atoms with Gasteiger partial charge in [-0.05, 0) is 31.4 Å². The van der Waals surface area contributed by atoms with Crippen molar-refractivity contribution < 1.29 is 9.90 Å². The van der Waals surface area contributed by atoms with Crippen molar-refractivity contribution in [3.63, 3.8) is 0 Å². The van der Waals surface area contributed by atoms with Crippen molar-refractivity contribution in [1.82, 2.24) is 4.90 Å². The van der Waals surface area contributed by atoms with Gasteiger partial charge < -0.3 is 5.11 Å². The highest BCUT2D eigenvalue weighted by Crippen LogP contribution is 2.19. The fourth-order valence-corrected chi connectivity index (χ4v) is 3.56. The van der Waals surface area contributed by atoms with Crippen molar-refractivity contribution >= 4 is 29.5 Å². The van der Waals surface area contributed by atoms with E-state index in [0.29, 0.717) is 6.42 Å². The number of hydrogen-bond donors (Lipinski definition) is 1. The number of carbonyl (C=O) groups is 1. The third-order valence-corrected chi connectivity index (χ3v) is 4.59. The predicted molar refractivity (Wildman–Crippen MR) is 72.6 cm³/mol. The molecule has 0 aliphatic carbocycles. The molecule has 5 heteroatoms. The second kappa shape index (κ2) is 8.25. The summed E-state index contributed by atoms with van der Waals surface area (Å²) in [6.45, 7) is 2.13.